The fourth-order valence-corrected chi connectivity index (χ4v) is 2.80. The Labute approximate surface area is 141 Å². The van der Waals surface area contributed by atoms with E-state index in [1.807, 2.05) is 24.1 Å². The maximum absolute atomic E-state index is 12.6. The Kier molecular flexibility index (Phi) is 4.93. The zero-order chi connectivity index (χ0) is 16.9. The SMILES string of the molecule is COc1ccnc(N2CCN(C(=O)[C@H](C)Cn3cccn3)CC2)n1. The van der Waals surface area contributed by atoms with Gasteiger partial charge in [0, 0.05) is 50.8 Å². The van der Waals surface area contributed by atoms with Gasteiger partial charge in [0.15, 0.2) is 0 Å². The van der Waals surface area contributed by atoms with Crippen LogP contribution in [-0.2, 0) is 11.3 Å². The normalized spacial score (nSPS) is 16.1. The summed E-state index contributed by atoms with van der Waals surface area (Å²) < 4.78 is 6.93. The Balaban J connectivity index is 1.55. The summed E-state index contributed by atoms with van der Waals surface area (Å²) in [5, 5.41) is 4.16. The van der Waals surface area contributed by atoms with E-state index in [1.54, 1.807) is 30.3 Å². The van der Waals surface area contributed by atoms with Gasteiger partial charge in [0.25, 0.3) is 0 Å². The summed E-state index contributed by atoms with van der Waals surface area (Å²) in [6.45, 7) is 5.32. The fourth-order valence-electron chi connectivity index (χ4n) is 2.80. The Morgan fingerprint density at radius 2 is 2.08 bits per heavy atom. The molecule has 1 atom stereocenters. The van der Waals surface area contributed by atoms with Gasteiger partial charge >= 0.3 is 0 Å². The van der Waals surface area contributed by atoms with Gasteiger partial charge in [0.05, 0.1) is 19.6 Å². The number of hydrogen-bond acceptors (Lipinski definition) is 6. The predicted octanol–water partition coefficient (Wildman–Crippen LogP) is 0.667. The van der Waals surface area contributed by atoms with Crippen LogP contribution in [0.15, 0.2) is 30.7 Å². The summed E-state index contributed by atoms with van der Waals surface area (Å²) in [6, 6.07) is 3.59. The molecule has 1 amide bonds. The second kappa shape index (κ2) is 7.29. The topological polar surface area (TPSA) is 76.4 Å². The average Bonchev–Trinajstić information content (AvgIpc) is 3.14. The van der Waals surface area contributed by atoms with Crippen molar-refractivity contribution in [3.05, 3.63) is 30.7 Å². The number of carbonyl (C=O) groups is 1. The predicted molar refractivity (Wildman–Crippen MR) is 88.8 cm³/mol. The lowest BCUT2D eigenvalue weighted by Gasteiger charge is -2.36. The van der Waals surface area contributed by atoms with Crippen LogP contribution < -0.4 is 9.64 Å². The fraction of sp³-hybridized carbons (Fsp3) is 0.500. The highest BCUT2D eigenvalue weighted by molar-refractivity contribution is 5.78. The minimum absolute atomic E-state index is 0.0930. The number of methoxy groups -OCH3 is 1. The lowest BCUT2D eigenvalue weighted by atomic mass is 10.1. The molecule has 2 aromatic heterocycles. The molecule has 0 N–H and O–H groups in total. The van der Waals surface area contributed by atoms with Gasteiger partial charge in [-0.2, -0.15) is 10.1 Å². The molecule has 24 heavy (non-hydrogen) atoms. The van der Waals surface area contributed by atoms with Crippen LogP contribution in [0.1, 0.15) is 6.92 Å². The van der Waals surface area contributed by atoms with Crippen molar-refractivity contribution in [3.8, 4) is 5.88 Å². The molecule has 0 spiro atoms. The van der Waals surface area contributed by atoms with Crippen molar-refractivity contribution in [1.82, 2.24) is 24.6 Å². The standard InChI is InChI=1S/C16H22N6O2/c1-13(12-22-7-3-5-18-22)15(23)20-8-10-21(11-9-20)16-17-6-4-14(19-16)24-2/h3-7,13H,8-12H2,1-2H3/t13-/m1/s1. The quantitative estimate of drug-likeness (QED) is 0.802. The van der Waals surface area contributed by atoms with Gasteiger partial charge in [-0.3, -0.25) is 9.48 Å². The number of piperazine rings is 1. The van der Waals surface area contributed by atoms with Crippen molar-refractivity contribution in [1.29, 1.82) is 0 Å². The number of carbonyl (C=O) groups excluding carboxylic acids is 1. The van der Waals surface area contributed by atoms with E-state index in [1.165, 1.54) is 0 Å². The van der Waals surface area contributed by atoms with Crippen LogP contribution in [0.4, 0.5) is 5.95 Å². The van der Waals surface area contributed by atoms with Gasteiger partial charge in [-0.15, -0.1) is 0 Å². The van der Waals surface area contributed by atoms with E-state index in [4.69, 9.17) is 4.74 Å². The molecule has 0 aliphatic carbocycles. The second-order valence-corrected chi connectivity index (χ2v) is 5.84. The van der Waals surface area contributed by atoms with Crippen LogP contribution in [0.5, 0.6) is 5.88 Å². The molecule has 8 heteroatoms. The summed E-state index contributed by atoms with van der Waals surface area (Å²) in [6.07, 6.45) is 5.29. The van der Waals surface area contributed by atoms with Crippen LogP contribution in [0.2, 0.25) is 0 Å². The van der Waals surface area contributed by atoms with Crippen molar-refractivity contribution in [3.63, 3.8) is 0 Å². The minimum atomic E-state index is -0.0930. The lowest BCUT2D eigenvalue weighted by molar-refractivity contribution is -0.135. The summed E-state index contributed by atoms with van der Waals surface area (Å²) >= 11 is 0. The van der Waals surface area contributed by atoms with Crippen LogP contribution in [-0.4, -0.2) is 63.8 Å². The zero-order valence-corrected chi connectivity index (χ0v) is 14.0. The first-order chi connectivity index (χ1) is 11.7. The van der Waals surface area contributed by atoms with Crippen molar-refractivity contribution >= 4 is 11.9 Å². The summed E-state index contributed by atoms with van der Waals surface area (Å²) in [4.78, 5) is 25.2. The molecule has 3 heterocycles. The van der Waals surface area contributed by atoms with E-state index < -0.39 is 0 Å². The number of anilines is 1. The number of amides is 1. The summed E-state index contributed by atoms with van der Waals surface area (Å²) in [7, 11) is 1.59. The van der Waals surface area contributed by atoms with E-state index in [9.17, 15) is 4.79 Å². The molecule has 1 aliphatic heterocycles. The highest BCUT2D eigenvalue weighted by Gasteiger charge is 2.26. The van der Waals surface area contributed by atoms with E-state index in [2.05, 4.69) is 20.0 Å². The number of rotatable bonds is 5. The first kappa shape index (κ1) is 16.2. The minimum Gasteiger partial charge on any atom is -0.481 e. The van der Waals surface area contributed by atoms with E-state index >= 15 is 0 Å². The van der Waals surface area contributed by atoms with Crippen LogP contribution in [0.25, 0.3) is 0 Å². The third kappa shape index (κ3) is 3.64. The van der Waals surface area contributed by atoms with E-state index in [-0.39, 0.29) is 11.8 Å². The maximum Gasteiger partial charge on any atom is 0.228 e. The highest BCUT2D eigenvalue weighted by Crippen LogP contribution is 2.16. The Morgan fingerprint density at radius 3 is 2.75 bits per heavy atom. The molecule has 0 bridgehead atoms. The molecule has 128 valence electrons. The molecule has 0 saturated carbocycles. The largest absolute Gasteiger partial charge is 0.481 e. The number of ether oxygens (including phenoxy) is 1. The molecule has 0 aromatic carbocycles. The molecule has 2 aromatic rings. The van der Waals surface area contributed by atoms with Crippen LogP contribution in [0.3, 0.4) is 0 Å². The lowest BCUT2D eigenvalue weighted by Crippen LogP contribution is -2.51. The smallest absolute Gasteiger partial charge is 0.228 e. The van der Waals surface area contributed by atoms with Gasteiger partial charge in [0.1, 0.15) is 0 Å². The number of nitrogens with zero attached hydrogens (tertiary/aromatic N) is 6. The van der Waals surface area contributed by atoms with Crippen molar-refractivity contribution in [2.45, 2.75) is 13.5 Å². The van der Waals surface area contributed by atoms with Crippen molar-refractivity contribution < 1.29 is 9.53 Å². The Bertz CT molecular complexity index is 667. The van der Waals surface area contributed by atoms with E-state index in [0.29, 0.717) is 44.6 Å². The molecule has 0 unspecified atom stereocenters. The van der Waals surface area contributed by atoms with Crippen molar-refractivity contribution in [2.75, 3.05) is 38.2 Å². The zero-order valence-electron chi connectivity index (χ0n) is 14.0. The molecule has 1 fully saturated rings. The monoisotopic (exact) mass is 330 g/mol. The van der Waals surface area contributed by atoms with Crippen molar-refractivity contribution in [2.24, 2.45) is 5.92 Å². The van der Waals surface area contributed by atoms with Gasteiger partial charge in [0.2, 0.25) is 17.7 Å². The molecule has 0 radical (unpaired) electrons. The molecule has 1 aliphatic rings. The third-order valence-electron chi connectivity index (χ3n) is 4.14. The van der Waals surface area contributed by atoms with Crippen LogP contribution >= 0.6 is 0 Å². The summed E-state index contributed by atoms with van der Waals surface area (Å²) in [5.74, 6) is 1.26. The summed E-state index contributed by atoms with van der Waals surface area (Å²) in [5.41, 5.74) is 0. The molecule has 3 rings (SSSR count). The second-order valence-electron chi connectivity index (χ2n) is 5.84. The van der Waals surface area contributed by atoms with E-state index in [0.717, 1.165) is 0 Å². The van der Waals surface area contributed by atoms with Gasteiger partial charge in [-0.25, -0.2) is 4.98 Å². The van der Waals surface area contributed by atoms with Gasteiger partial charge in [-0.1, -0.05) is 6.92 Å². The molecular weight excluding hydrogens is 308 g/mol. The number of hydrogen-bond donors (Lipinski definition) is 0. The highest BCUT2D eigenvalue weighted by atomic mass is 16.5. The average molecular weight is 330 g/mol. The molecule has 1 saturated heterocycles. The first-order valence-electron chi connectivity index (χ1n) is 8.05. The molecule has 8 nitrogen and oxygen atoms in total. The third-order valence-corrected chi connectivity index (χ3v) is 4.14. The van der Waals surface area contributed by atoms with Crippen LogP contribution in [0, 0.1) is 5.92 Å². The maximum atomic E-state index is 12.6. The van der Waals surface area contributed by atoms with Gasteiger partial charge in [-0.05, 0) is 6.07 Å². The molecular formula is C16H22N6O2. The number of aromatic nitrogens is 4. The Morgan fingerprint density at radius 1 is 1.29 bits per heavy atom. The first-order valence-corrected chi connectivity index (χ1v) is 8.05. The van der Waals surface area contributed by atoms with Gasteiger partial charge < -0.3 is 14.5 Å². The Hall–Kier alpha value is -2.64.